The van der Waals surface area contributed by atoms with Gasteiger partial charge in [-0.1, -0.05) is 0 Å². The number of nitrogens with zero attached hydrogens (tertiary/aromatic N) is 5. The Morgan fingerprint density at radius 1 is 1.14 bits per heavy atom. The molecule has 0 bridgehead atoms. The zero-order chi connectivity index (χ0) is 14.0. The third-order valence-electron chi connectivity index (χ3n) is 4.14. The minimum atomic E-state index is -0.0141. The summed E-state index contributed by atoms with van der Waals surface area (Å²) in [5.74, 6) is 0. The normalized spacial score (nSPS) is 15.0. The Labute approximate surface area is 122 Å². The van der Waals surface area contributed by atoms with Crippen LogP contribution in [0.4, 0.5) is 0 Å². The van der Waals surface area contributed by atoms with E-state index >= 15 is 0 Å². The topological polar surface area (TPSA) is 64.6 Å². The lowest BCUT2D eigenvalue weighted by molar-refractivity contribution is 0.699. The summed E-state index contributed by atoms with van der Waals surface area (Å²) in [6.07, 6.45) is 5.96. The van der Waals surface area contributed by atoms with Crippen molar-refractivity contribution in [1.82, 2.24) is 24.2 Å². The minimum Gasteiger partial charge on any atom is -0.267 e. The molecule has 0 amide bonds. The largest absolute Gasteiger partial charge is 0.282 e. The first-order valence-electron chi connectivity index (χ1n) is 6.99. The number of aryl methyl sites for hydroxylation is 2. The second-order valence-corrected chi connectivity index (χ2v) is 6.43. The molecule has 0 N–H and O–H groups in total. The third-order valence-corrected chi connectivity index (χ3v) is 5.33. The van der Waals surface area contributed by atoms with Crippen molar-refractivity contribution < 1.29 is 0 Å². The van der Waals surface area contributed by atoms with Crippen molar-refractivity contribution >= 4 is 32.8 Å². The summed E-state index contributed by atoms with van der Waals surface area (Å²) in [4.78, 5) is 19.9. The molecule has 0 saturated carbocycles. The summed E-state index contributed by atoms with van der Waals surface area (Å²) in [6.45, 7) is 0. The minimum absolute atomic E-state index is 0.0141. The number of hydrogen-bond donors (Lipinski definition) is 0. The molecule has 4 heterocycles. The number of thiophene rings is 1. The lowest BCUT2D eigenvalue weighted by atomic mass is 9.97. The molecule has 1 aliphatic rings. The summed E-state index contributed by atoms with van der Waals surface area (Å²) in [6, 6.07) is 3.65. The molecule has 0 aromatic carbocycles. The van der Waals surface area contributed by atoms with Crippen LogP contribution in [-0.2, 0) is 12.8 Å². The second-order valence-electron chi connectivity index (χ2n) is 5.35. The van der Waals surface area contributed by atoms with Crippen molar-refractivity contribution in [1.29, 1.82) is 0 Å². The molecule has 7 heteroatoms. The highest BCUT2D eigenvalue weighted by molar-refractivity contribution is 7.18. The van der Waals surface area contributed by atoms with Crippen LogP contribution in [-0.4, -0.2) is 24.2 Å². The number of hydrogen-bond acceptors (Lipinski definition) is 5. The molecule has 0 atom stereocenters. The maximum atomic E-state index is 13.0. The van der Waals surface area contributed by atoms with Crippen LogP contribution >= 0.6 is 11.3 Å². The molecule has 0 fully saturated rings. The molecule has 0 radical (unpaired) electrons. The molecule has 0 aliphatic heterocycles. The highest BCUT2D eigenvalue weighted by atomic mass is 32.1. The van der Waals surface area contributed by atoms with Crippen molar-refractivity contribution in [3.8, 4) is 0 Å². The van der Waals surface area contributed by atoms with Gasteiger partial charge in [0.2, 0.25) is 0 Å². The fraction of sp³-hybridized carbons (Fsp3) is 0.286. The summed E-state index contributed by atoms with van der Waals surface area (Å²) >= 11 is 1.67. The van der Waals surface area contributed by atoms with Gasteiger partial charge in [0.05, 0.1) is 5.39 Å². The molecule has 5 rings (SSSR count). The molecule has 0 saturated heterocycles. The van der Waals surface area contributed by atoms with Crippen LogP contribution in [0.2, 0.25) is 0 Å². The van der Waals surface area contributed by atoms with E-state index in [0.717, 1.165) is 29.5 Å². The van der Waals surface area contributed by atoms with E-state index < -0.39 is 0 Å². The Hall–Kier alpha value is -2.28. The van der Waals surface area contributed by atoms with E-state index in [1.54, 1.807) is 26.7 Å². The van der Waals surface area contributed by atoms with Gasteiger partial charge in [-0.25, -0.2) is 9.50 Å². The maximum Gasteiger partial charge on any atom is 0.282 e. The third kappa shape index (κ3) is 1.41. The van der Waals surface area contributed by atoms with Crippen LogP contribution in [0.1, 0.15) is 23.3 Å². The van der Waals surface area contributed by atoms with Gasteiger partial charge in [-0.3, -0.25) is 4.79 Å². The van der Waals surface area contributed by atoms with E-state index in [4.69, 9.17) is 0 Å². The van der Waals surface area contributed by atoms with Crippen LogP contribution in [0.5, 0.6) is 0 Å². The number of rotatable bonds is 0. The highest BCUT2D eigenvalue weighted by Gasteiger charge is 2.21. The predicted octanol–water partition coefficient (Wildman–Crippen LogP) is 1.83. The lowest BCUT2D eigenvalue weighted by Gasteiger charge is -2.10. The van der Waals surface area contributed by atoms with Crippen LogP contribution < -0.4 is 5.56 Å². The van der Waals surface area contributed by atoms with E-state index in [9.17, 15) is 4.79 Å². The molecule has 4 aromatic rings. The van der Waals surface area contributed by atoms with E-state index in [2.05, 4.69) is 15.2 Å². The lowest BCUT2D eigenvalue weighted by Crippen LogP contribution is -2.21. The first-order chi connectivity index (χ1) is 10.3. The van der Waals surface area contributed by atoms with Crippen molar-refractivity contribution in [2.24, 2.45) is 0 Å². The number of fused-ring (bicyclic) bond motifs is 6. The van der Waals surface area contributed by atoms with Crippen LogP contribution in [0.15, 0.2) is 23.3 Å². The molecule has 104 valence electrons. The van der Waals surface area contributed by atoms with Gasteiger partial charge >= 0.3 is 0 Å². The molecular weight excluding hydrogens is 286 g/mol. The SMILES string of the molecule is O=c1c2c3c(sc2nc2ccc4nncn4n12)CCCC3. The summed E-state index contributed by atoms with van der Waals surface area (Å²) < 4.78 is 3.23. The van der Waals surface area contributed by atoms with Gasteiger partial charge in [-0.15, -0.1) is 21.5 Å². The predicted molar refractivity (Wildman–Crippen MR) is 80.0 cm³/mol. The Morgan fingerprint density at radius 2 is 2.00 bits per heavy atom. The number of aromatic nitrogens is 5. The molecule has 0 unspecified atom stereocenters. The van der Waals surface area contributed by atoms with Crippen molar-refractivity contribution in [3.63, 3.8) is 0 Å². The highest BCUT2D eigenvalue weighted by Crippen LogP contribution is 2.33. The van der Waals surface area contributed by atoms with Gasteiger partial charge < -0.3 is 0 Å². The zero-order valence-corrected chi connectivity index (χ0v) is 11.9. The van der Waals surface area contributed by atoms with E-state index in [1.807, 2.05) is 12.1 Å². The van der Waals surface area contributed by atoms with Crippen molar-refractivity contribution in [3.05, 3.63) is 39.3 Å². The second kappa shape index (κ2) is 3.88. The van der Waals surface area contributed by atoms with E-state index in [1.165, 1.54) is 16.9 Å². The maximum absolute atomic E-state index is 13.0. The van der Waals surface area contributed by atoms with Gasteiger partial charge in [0.15, 0.2) is 11.3 Å². The Kier molecular flexibility index (Phi) is 2.11. The van der Waals surface area contributed by atoms with Gasteiger partial charge in [0, 0.05) is 4.88 Å². The fourth-order valence-corrected chi connectivity index (χ4v) is 4.44. The van der Waals surface area contributed by atoms with Crippen LogP contribution in [0.3, 0.4) is 0 Å². The van der Waals surface area contributed by atoms with Gasteiger partial charge in [-0.2, -0.15) is 4.52 Å². The summed E-state index contributed by atoms with van der Waals surface area (Å²) in [5, 5.41) is 8.65. The summed E-state index contributed by atoms with van der Waals surface area (Å²) in [7, 11) is 0. The first kappa shape index (κ1) is 11.4. The standard InChI is InChI=1S/C14H11N5OS/c20-14-12-8-3-1-2-4-9(8)21-13(12)16-10-5-6-11-17-15-7-18(11)19(10)14/h5-7H,1-4H2. The van der Waals surface area contributed by atoms with Crippen LogP contribution in [0.25, 0.3) is 21.5 Å². The Bertz CT molecular complexity index is 1070. The fourth-order valence-electron chi connectivity index (χ4n) is 3.18. The van der Waals surface area contributed by atoms with Gasteiger partial charge in [0.25, 0.3) is 5.56 Å². The van der Waals surface area contributed by atoms with Gasteiger partial charge in [-0.05, 0) is 43.4 Å². The van der Waals surface area contributed by atoms with E-state index in [0.29, 0.717) is 11.3 Å². The smallest absolute Gasteiger partial charge is 0.267 e. The average molecular weight is 297 g/mol. The monoisotopic (exact) mass is 297 g/mol. The molecular formula is C14H11N5OS. The quantitative estimate of drug-likeness (QED) is 0.497. The Morgan fingerprint density at radius 3 is 2.95 bits per heavy atom. The molecule has 6 nitrogen and oxygen atoms in total. The average Bonchev–Trinajstić information content (AvgIpc) is 3.10. The van der Waals surface area contributed by atoms with Crippen LogP contribution in [0, 0.1) is 0 Å². The molecule has 21 heavy (non-hydrogen) atoms. The van der Waals surface area contributed by atoms with E-state index in [-0.39, 0.29) is 5.56 Å². The summed E-state index contributed by atoms with van der Waals surface area (Å²) in [5.41, 5.74) is 2.48. The molecule has 0 spiro atoms. The molecule has 4 aromatic heterocycles. The van der Waals surface area contributed by atoms with Crippen molar-refractivity contribution in [2.75, 3.05) is 0 Å². The Balaban J connectivity index is 2.05. The first-order valence-corrected chi connectivity index (χ1v) is 7.80. The zero-order valence-electron chi connectivity index (χ0n) is 11.1. The van der Waals surface area contributed by atoms with Gasteiger partial charge in [0.1, 0.15) is 11.2 Å². The van der Waals surface area contributed by atoms with Crippen molar-refractivity contribution in [2.45, 2.75) is 25.7 Å². The molecule has 1 aliphatic carbocycles.